The summed E-state index contributed by atoms with van der Waals surface area (Å²) >= 11 is 15.6. The summed E-state index contributed by atoms with van der Waals surface area (Å²) < 4.78 is 17.2. The minimum atomic E-state index is -1.04. The van der Waals surface area contributed by atoms with Crippen LogP contribution in [0.1, 0.15) is 15.9 Å². The van der Waals surface area contributed by atoms with Crippen molar-refractivity contribution in [2.45, 2.75) is 11.9 Å². The number of carbonyl (C=O) groups is 1. The van der Waals surface area contributed by atoms with E-state index < -0.39 is 17.9 Å². The molecule has 2 atom stereocenters. The summed E-state index contributed by atoms with van der Waals surface area (Å²) in [6.07, 6.45) is -0.392. The number of hydrogen-bond acceptors (Lipinski definition) is 4. The quantitative estimate of drug-likeness (QED) is 0.489. The predicted octanol–water partition coefficient (Wildman–Crippen LogP) is 4.81. The fraction of sp³-hybridized carbons (Fsp3) is 0.278. The summed E-state index contributed by atoms with van der Waals surface area (Å²) in [5, 5.41) is 1.36. The molecule has 7 heteroatoms. The third-order valence-corrected chi connectivity index (χ3v) is 5.07. The van der Waals surface area contributed by atoms with Crippen LogP contribution in [0.25, 0.3) is 0 Å². The Morgan fingerprint density at radius 3 is 2.68 bits per heavy atom. The van der Waals surface area contributed by atoms with Gasteiger partial charge in [-0.25, -0.2) is 4.79 Å². The number of ether oxygens (including phenoxy) is 3. The molecule has 3 rings (SSSR count). The third-order valence-electron chi connectivity index (χ3n) is 3.79. The van der Waals surface area contributed by atoms with E-state index in [-0.39, 0.29) is 13.2 Å². The van der Waals surface area contributed by atoms with Crippen LogP contribution in [-0.2, 0) is 20.0 Å². The van der Waals surface area contributed by atoms with Crippen LogP contribution in [-0.4, -0.2) is 30.6 Å². The fourth-order valence-corrected chi connectivity index (χ4v) is 3.70. The zero-order valence-electron chi connectivity index (χ0n) is 13.1. The summed E-state index contributed by atoms with van der Waals surface area (Å²) in [6.45, 7) is 0.375. The van der Waals surface area contributed by atoms with Crippen molar-refractivity contribution < 1.29 is 19.0 Å². The molecule has 25 heavy (non-hydrogen) atoms. The van der Waals surface area contributed by atoms with E-state index in [1.165, 1.54) is 0 Å². The van der Waals surface area contributed by atoms with Gasteiger partial charge >= 0.3 is 5.97 Å². The van der Waals surface area contributed by atoms with Gasteiger partial charge in [-0.3, -0.25) is 0 Å². The fourth-order valence-electron chi connectivity index (χ4n) is 2.55. The minimum absolute atomic E-state index is 0.0910. The maximum absolute atomic E-state index is 12.0. The molecule has 1 saturated heterocycles. The molecule has 2 aromatic carbocycles. The molecule has 0 unspecified atom stereocenters. The molecular formula is C18H15BrCl2O4. The second-order valence-electron chi connectivity index (χ2n) is 5.53. The Morgan fingerprint density at radius 2 is 2.00 bits per heavy atom. The molecule has 0 bridgehead atoms. The summed E-state index contributed by atoms with van der Waals surface area (Å²) in [7, 11) is 0. The molecule has 4 nitrogen and oxygen atoms in total. The molecule has 1 aliphatic rings. The number of esters is 1. The van der Waals surface area contributed by atoms with Crippen LogP contribution in [0.15, 0.2) is 48.5 Å². The normalized spacial score (nSPS) is 22.8. The molecule has 0 radical (unpaired) electrons. The van der Waals surface area contributed by atoms with Gasteiger partial charge in [-0.05, 0) is 24.3 Å². The van der Waals surface area contributed by atoms with Crippen LogP contribution < -0.4 is 0 Å². The Balaban J connectivity index is 1.66. The highest BCUT2D eigenvalue weighted by Gasteiger charge is 2.44. The average molecular weight is 446 g/mol. The van der Waals surface area contributed by atoms with E-state index >= 15 is 0 Å². The Kier molecular flexibility index (Phi) is 6.02. The first-order valence-electron chi connectivity index (χ1n) is 7.59. The van der Waals surface area contributed by atoms with Gasteiger partial charge in [0.1, 0.15) is 12.7 Å². The number of benzene rings is 2. The Bertz CT molecular complexity index is 756. The number of hydrogen-bond donors (Lipinski definition) is 0. The molecule has 0 amide bonds. The lowest BCUT2D eigenvalue weighted by Gasteiger charge is -2.27. The van der Waals surface area contributed by atoms with Crippen molar-refractivity contribution in [3.05, 3.63) is 69.7 Å². The number of halogens is 3. The van der Waals surface area contributed by atoms with E-state index in [9.17, 15) is 4.79 Å². The molecule has 0 aliphatic carbocycles. The van der Waals surface area contributed by atoms with Crippen LogP contribution in [0.5, 0.6) is 0 Å². The molecule has 1 fully saturated rings. The van der Waals surface area contributed by atoms with E-state index in [0.717, 1.165) is 0 Å². The van der Waals surface area contributed by atoms with Crippen LogP contribution in [0.4, 0.5) is 0 Å². The molecule has 1 heterocycles. The third kappa shape index (κ3) is 4.18. The predicted molar refractivity (Wildman–Crippen MR) is 99.5 cm³/mol. The topological polar surface area (TPSA) is 44.8 Å². The Morgan fingerprint density at radius 1 is 1.24 bits per heavy atom. The van der Waals surface area contributed by atoms with Crippen molar-refractivity contribution in [1.82, 2.24) is 0 Å². The zero-order chi connectivity index (χ0) is 17.9. The molecular weight excluding hydrogens is 431 g/mol. The molecule has 0 N–H and O–H groups in total. The standard InChI is InChI=1S/C18H15BrCl2O4/c19-11-18(15-7-6-13(20)8-16(15)21)24-10-14(25-18)9-23-17(22)12-4-2-1-3-5-12/h1-8,14H,9-11H2/t14-,18+/m1/s1. The highest BCUT2D eigenvalue weighted by molar-refractivity contribution is 9.09. The van der Waals surface area contributed by atoms with Gasteiger partial charge in [0.15, 0.2) is 0 Å². The molecule has 1 aliphatic heterocycles. The van der Waals surface area contributed by atoms with E-state index in [1.54, 1.807) is 42.5 Å². The van der Waals surface area contributed by atoms with Gasteiger partial charge in [0, 0.05) is 10.6 Å². The average Bonchev–Trinajstić information content (AvgIpc) is 3.05. The summed E-state index contributed by atoms with van der Waals surface area (Å²) in [5.74, 6) is -1.43. The largest absolute Gasteiger partial charge is 0.459 e. The first-order valence-corrected chi connectivity index (χ1v) is 9.47. The lowest BCUT2D eigenvalue weighted by molar-refractivity contribution is -0.160. The molecule has 132 valence electrons. The first-order chi connectivity index (χ1) is 12.0. The van der Waals surface area contributed by atoms with Crippen molar-refractivity contribution in [3.63, 3.8) is 0 Å². The van der Waals surface area contributed by atoms with E-state index in [4.69, 9.17) is 37.4 Å². The summed E-state index contributed by atoms with van der Waals surface area (Å²) in [6, 6.07) is 13.9. The van der Waals surface area contributed by atoms with Gasteiger partial charge < -0.3 is 14.2 Å². The van der Waals surface area contributed by atoms with Gasteiger partial charge in [0.2, 0.25) is 5.79 Å². The number of rotatable bonds is 5. The summed E-state index contributed by atoms with van der Waals surface area (Å²) in [4.78, 5) is 12.0. The van der Waals surface area contributed by atoms with Crippen molar-refractivity contribution in [3.8, 4) is 0 Å². The van der Waals surface area contributed by atoms with Crippen molar-refractivity contribution in [2.75, 3.05) is 18.5 Å². The highest BCUT2D eigenvalue weighted by Crippen LogP contribution is 2.40. The van der Waals surface area contributed by atoms with Crippen molar-refractivity contribution in [1.29, 1.82) is 0 Å². The maximum atomic E-state index is 12.0. The molecule has 0 saturated carbocycles. The van der Waals surface area contributed by atoms with E-state index in [0.29, 0.717) is 26.5 Å². The molecule has 0 aromatic heterocycles. The highest BCUT2D eigenvalue weighted by atomic mass is 79.9. The second kappa shape index (κ2) is 8.06. The van der Waals surface area contributed by atoms with Crippen molar-refractivity contribution >= 4 is 45.1 Å². The molecule has 2 aromatic rings. The lowest BCUT2D eigenvalue weighted by atomic mass is 10.1. The Hall–Kier alpha value is -1.11. The van der Waals surface area contributed by atoms with Gasteiger partial charge in [0.25, 0.3) is 0 Å². The van der Waals surface area contributed by atoms with Gasteiger partial charge in [-0.2, -0.15) is 0 Å². The monoisotopic (exact) mass is 444 g/mol. The van der Waals surface area contributed by atoms with Crippen LogP contribution in [0.2, 0.25) is 10.0 Å². The van der Waals surface area contributed by atoms with Crippen molar-refractivity contribution in [2.24, 2.45) is 0 Å². The van der Waals surface area contributed by atoms with E-state index in [1.807, 2.05) is 6.07 Å². The van der Waals surface area contributed by atoms with E-state index in [2.05, 4.69) is 15.9 Å². The Labute approximate surface area is 164 Å². The van der Waals surface area contributed by atoms with Crippen LogP contribution >= 0.6 is 39.1 Å². The first kappa shape index (κ1) is 18.7. The SMILES string of the molecule is O=C(OC[C@@H]1CO[C@](CBr)(c2ccc(Cl)cc2Cl)O1)c1ccccc1. The lowest BCUT2D eigenvalue weighted by Crippen LogP contribution is -2.31. The second-order valence-corrected chi connectivity index (χ2v) is 6.93. The van der Waals surface area contributed by atoms with Gasteiger partial charge in [-0.1, -0.05) is 63.4 Å². The van der Waals surface area contributed by atoms with Gasteiger partial charge in [-0.15, -0.1) is 0 Å². The summed E-state index contributed by atoms with van der Waals surface area (Å²) in [5.41, 5.74) is 1.17. The van der Waals surface area contributed by atoms with Gasteiger partial charge in [0.05, 0.1) is 22.5 Å². The minimum Gasteiger partial charge on any atom is -0.459 e. The van der Waals surface area contributed by atoms with Crippen LogP contribution in [0, 0.1) is 0 Å². The molecule has 0 spiro atoms. The van der Waals surface area contributed by atoms with Crippen LogP contribution in [0.3, 0.4) is 0 Å². The number of alkyl halides is 1. The maximum Gasteiger partial charge on any atom is 0.338 e. The number of carbonyl (C=O) groups excluding carboxylic acids is 1. The smallest absolute Gasteiger partial charge is 0.338 e. The zero-order valence-corrected chi connectivity index (χ0v) is 16.2.